The molecular weight excluding hydrogens is 316 g/mol. The Balaban J connectivity index is 0.00000192. The average Bonchev–Trinajstić information content (AvgIpc) is 2.66. The molecule has 0 spiro atoms. The average molecular weight is 335 g/mol. The van der Waals surface area contributed by atoms with Crippen LogP contribution in [-0.2, 0) is 11.4 Å². The Kier molecular flexibility index (Phi) is 5.47. The summed E-state index contributed by atoms with van der Waals surface area (Å²) < 4.78 is 11.4. The lowest BCUT2D eigenvalue weighted by Gasteiger charge is -2.18. The Labute approximate surface area is 141 Å². The topological polar surface area (TPSA) is 64.8 Å². The van der Waals surface area contributed by atoms with Crippen LogP contribution in [0.25, 0.3) is 0 Å². The van der Waals surface area contributed by atoms with E-state index in [1.54, 1.807) is 19.2 Å². The molecule has 0 fully saturated rings. The molecule has 0 radical (unpaired) electrons. The number of anilines is 1. The number of ether oxygens (including phenoxy) is 2. The maximum Gasteiger partial charge on any atom is 0.247 e. The number of fused-ring (bicyclic) bond motifs is 1. The van der Waals surface area contributed by atoms with Crippen LogP contribution < -0.4 is 20.1 Å². The molecule has 1 atom stereocenters. The van der Waals surface area contributed by atoms with E-state index in [-0.39, 0.29) is 24.9 Å². The van der Waals surface area contributed by atoms with Crippen LogP contribution in [0.4, 0.5) is 5.69 Å². The lowest BCUT2D eigenvalue weighted by atomic mass is 10.2. The second-order valence-electron chi connectivity index (χ2n) is 5.22. The summed E-state index contributed by atoms with van der Waals surface area (Å²) in [4.78, 5) is 13.6. The smallest absolute Gasteiger partial charge is 0.247 e. The number of halogens is 1. The van der Waals surface area contributed by atoms with Gasteiger partial charge in [0.25, 0.3) is 0 Å². The van der Waals surface area contributed by atoms with Gasteiger partial charge < -0.3 is 20.1 Å². The Bertz CT molecular complexity index is 679. The first-order valence-electron chi connectivity index (χ1n) is 7.12. The van der Waals surface area contributed by atoms with Crippen molar-refractivity contribution >= 4 is 24.0 Å². The van der Waals surface area contributed by atoms with Crippen LogP contribution in [0.3, 0.4) is 0 Å². The van der Waals surface area contributed by atoms with E-state index in [9.17, 15) is 4.79 Å². The first kappa shape index (κ1) is 17.1. The number of carbonyl (C=O) groups excluding carboxylic acids is 1. The van der Waals surface area contributed by atoms with Gasteiger partial charge in [0.15, 0.2) is 0 Å². The van der Waals surface area contributed by atoms with E-state index in [4.69, 9.17) is 15.2 Å². The lowest BCUT2D eigenvalue weighted by Crippen LogP contribution is -2.43. The summed E-state index contributed by atoms with van der Waals surface area (Å²) in [5.74, 6) is 1.15. The molecule has 23 heavy (non-hydrogen) atoms. The molecule has 0 aliphatic carbocycles. The quantitative estimate of drug-likeness (QED) is 0.936. The van der Waals surface area contributed by atoms with Gasteiger partial charge in [0.05, 0.1) is 5.69 Å². The molecular formula is C17H19ClN2O3. The van der Waals surface area contributed by atoms with Crippen molar-refractivity contribution in [3.8, 4) is 11.5 Å². The molecule has 1 heterocycles. The maximum atomic E-state index is 12.1. The van der Waals surface area contributed by atoms with Crippen LogP contribution in [0.1, 0.15) is 5.56 Å². The van der Waals surface area contributed by atoms with Gasteiger partial charge in [-0.25, -0.2) is 0 Å². The highest BCUT2D eigenvalue weighted by Gasteiger charge is 2.26. The number of hydrogen-bond donors (Lipinski definition) is 1. The fraction of sp³-hybridized carbons (Fsp3) is 0.235. The summed E-state index contributed by atoms with van der Waals surface area (Å²) in [7, 11) is 1.69. The van der Waals surface area contributed by atoms with Gasteiger partial charge in [-0.1, -0.05) is 30.3 Å². The second-order valence-corrected chi connectivity index (χ2v) is 5.22. The van der Waals surface area contributed by atoms with Gasteiger partial charge in [0, 0.05) is 13.1 Å². The number of nitrogens with zero attached hydrogens (tertiary/aromatic N) is 1. The number of carbonyl (C=O) groups is 1. The maximum absolute atomic E-state index is 12.1. The molecule has 122 valence electrons. The van der Waals surface area contributed by atoms with Crippen LogP contribution in [0.2, 0.25) is 0 Å². The summed E-state index contributed by atoms with van der Waals surface area (Å²) in [6, 6.07) is 14.7. The minimum absolute atomic E-state index is 0. The molecule has 0 saturated heterocycles. The standard InChI is InChI=1S/C17H18N2O3.ClH/c1-19-15-9-13(21-10-12-5-3-2-4-6-12)7-8-16(15)22-11-14(18)17(19)20;/h2-9,14H,10-11,18H2,1H3;1H/t14-;/m0./s1. The van der Waals surface area contributed by atoms with E-state index < -0.39 is 6.04 Å². The number of hydrogen-bond acceptors (Lipinski definition) is 4. The van der Waals surface area contributed by atoms with Crippen LogP contribution in [-0.4, -0.2) is 25.6 Å². The highest BCUT2D eigenvalue weighted by molar-refractivity contribution is 5.98. The highest BCUT2D eigenvalue weighted by atomic mass is 35.5. The van der Waals surface area contributed by atoms with Crippen molar-refractivity contribution in [1.82, 2.24) is 0 Å². The zero-order valence-electron chi connectivity index (χ0n) is 12.8. The van der Waals surface area contributed by atoms with E-state index in [1.807, 2.05) is 36.4 Å². The first-order chi connectivity index (χ1) is 10.6. The molecule has 0 saturated carbocycles. The Morgan fingerprint density at radius 3 is 2.74 bits per heavy atom. The molecule has 5 nitrogen and oxygen atoms in total. The van der Waals surface area contributed by atoms with Gasteiger partial charge in [-0.15, -0.1) is 12.4 Å². The number of nitrogens with two attached hydrogens (primary N) is 1. The van der Waals surface area contributed by atoms with Crippen molar-refractivity contribution in [1.29, 1.82) is 0 Å². The summed E-state index contributed by atoms with van der Waals surface area (Å²) in [5, 5.41) is 0. The molecule has 6 heteroatoms. The van der Waals surface area contributed by atoms with Crippen molar-refractivity contribution in [3.63, 3.8) is 0 Å². The fourth-order valence-electron chi connectivity index (χ4n) is 2.33. The van der Waals surface area contributed by atoms with Crippen molar-refractivity contribution in [2.75, 3.05) is 18.6 Å². The van der Waals surface area contributed by atoms with E-state index in [0.29, 0.717) is 23.8 Å². The van der Waals surface area contributed by atoms with Crippen molar-refractivity contribution < 1.29 is 14.3 Å². The highest BCUT2D eigenvalue weighted by Crippen LogP contribution is 2.34. The molecule has 0 bridgehead atoms. The van der Waals surface area contributed by atoms with Gasteiger partial charge >= 0.3 is 0 Å². The molecule has 0 unspecified atom stereocenters. The monoisotopic (exact) mass is 334 g/mol. The van der Waals surface area contributed by atoms with Crippen LogP contribution >= 0.6 is 12.4 Å². The van der Waals surface area contributed by atoms with Crippen LogP contribution in [0.5, 0.6) is 11.5 Å². The van der Waals surface area contributed by atoms with Crippen molar-refractivity contribution in [2.24, 2.45) is 5.73 Å². The van der Waals surface area contributed by atoms with E-state index >= 15 is 0 Å². The summed E-state index contributed by atoms with van der Waals surface area (Å²) in [5.41, 5.74) is 7.53. The van der Waals surface area contributed by atoms with E-state index in [0.717, 1.165) is 5.56 Å². The predicted molar refractivity (Wildman–Crippen MR) is 91.3 cm³/mol. The van der Waals surface area contributed by atoms with Gasteiger partial charge in [0.1, 0.15) is 30.8 Å². The molecule has 1 aliphatic rings. The molecule has 3 rings (SSSR count). The van der Waals surface area contributed by atoms with Crippen LogP contribution in [0, 0.1) is 0 Å². The SMILES string of the molecule is CN1C(=O)[C@@H](N)COc2ccc(OCc3ccccc3)cc21.Cl. The Morgan fingerprint density at radius 1 is 1.26 bits per heavy atom. The zero-order valence-corrected chi connectivity index (χ0v) is 13.6. The minimum atomic E-state index is -0.647. The second kappa shape index (κ2) is 7.35. The summed E-state index contributed by atoms with van der Waals surface area (Å²) >= 11 is 0. The summed E-state index contributed by atoms with van der Waals surface area (Å²) in [6.07, 6.45) is 0. The number of amides is 1. The molecule has 1 amide bonds. The van der Waals surface area contributed by atoms with Crippen molar-refractivity contribution in [2.45, 2.75) is 12.6 Å². The Morgan fingerprint density at radius 2 is 2.00 bits per heavy atom. The van der Waals surface area contributed by atoms with E-state index in [2.05, 4.69) is 0 Å². The van der Waals surface area contributed by atoms with Gasteiger partial charge in [-0.05, 0) is 17.7 Å². The van der Waals surface area contributed by atoms with Crippen LogP contribution in [0.15, 0.2) is 48.5 Å². The van der Waals surface area contributed by atoms with Gasteiger partial charge in [-0.3, -0.25) is 4.79 Å². The molecule has 1 aliphatic heterocycles. The third kappa shape index (κ3) is 3.75. The third-order valence-corrected chi connectivity index (χ3v) is 3.61. The largest absolute Gasteiger partial charge is 0.489 e. The fourth-order valence-corrected chi connectivity index (χ4v) is 2.33. The summed E-state index contributed by atoms with van der Waals surface area (Å²) in [6.45, 7) is 0.651. The van der Waals surface area contributed by atoms with Gasteiger partial charge in [0.2, 0.25) is 5.91 Å². The molecule has 2 aromatic rings. The zero-order chi connectivity index (χ0) is 15.5. The van der Waals surface area contributed by atoms with E-state index in [1.165, 1.54) is 4.90 Å². The molecule has 2 N–H and O–H groups in total. The minimum Gasteiger partial charge on any atom is -0.489 e. The molecule has 2 aromatic carbocycles. The Hall–Kier alpha value is -2.24. The lowest BCUT2D eigenvalue weighted by molar-refractivity contribution is -0.119. The number of benzene rings is 2. The molecule has 0 aromatic heterocycles. The number of likely N-dealkylation sites (N-methyl/N-ethyl adjacent to an activating group) is 1. The predicted octanol–water partition coefficient (Wildman–Crippen LogP) is 2.37. The van der Waals surface area contributed by atoms with Gasteiger partial charge in [-0.2, -0.15) is 0 Å². The third-order valence-electron chi connectivity index (χ3n) is 3.61. The van der Waals surface area contributed by atoms with Crippen molar-refractivity contribution in [3.05, 3.63) is 54.1 Å². The normalized spacial score (nSPS) is 16.7. The first-order valence-corrected chi connectivity index (χ1v) is 7.12. The number of rotatable bonds is 3.